The first kappa shape index (κ1) is 66.7. The van der Waals surface area contributed by atoms with Gasteiger partial charge in [0.25, 0.3) is 0 Å². The second-order valence-electron chi connectivity index (χ2n) is 20.5. The van der Waals surface area contributed by atoms with Crippen molar-refractivity contribution < 1.29 is 79.5 Å². The van der Waals surface area contributed by atoms with Crippen LogP contribution < -0.4 is 35.9 Å². The number of hydrogen-bond donors (Lipinski definition) is 5. The van der Waals surface area contributed by atoms with Gasteiger partial charge >= 0.3 is 24.1 Å². The summed E-state index contributed by atoms with van der Waals surface area (Å²) in [5.74, 6) is -17.1. The van der Waals surface area contributed by atoms with Gasteiger partial charge in [0.1, 0.15) is 56.6 Å². The number of carbonyl (C=O) groups excluding carboxylic acids is 5. The van der Waals surface area contributed by atoms with Crippen molar-refractivity contribution in [2.45, 2.75) is 82.9 Å². The first-order valence-corrected chi connectivity index (χ1v) is 27.6. The molecule has 3 amide bonds. The number of aliphatic hydroxyl groups is 1. The zero-order valence-corrected chi connectivity index (χ0v) is 48.6. The van der Waals surface area contributed by atoms with Crippen LogP contribution in [0.15, 0.2) is 188 Å². The lowest BCUT2D eigenvalue weighted by molar-refractivity contribution is -0.149. The Morgan fingerprint density at radius 3 is 1.28 bits per heavy atom. The van der Waals surface area contributed by atoms with Gasteiger partial charge in [0, 0.05) is 25.8 Å². The highest BCUT2D eigenvalue weighted by Crippen LogP contribution is 2.34. The van der Waals surface area contributed by atoms with Crippen molar-refractivity contribution in [2.75, 3.05) is 6.54 Å². The van der Waals surface area contributed by atoms with Gasteiger partial charge in [-0.3, -0.25) is 4.79 Å². The predicted octanol–water partition coefficient (Wildman–Crippen LogP) is 11.2. The number of amides is 3. The molecule has 0 radical (unpaired) electrons. The Hall–Kier alpha value is -9.83. The van der Waals surface area contributed by atoms with Crippen molar-refractivity contribution in [2.24, 2.45) is 5.73 Å². The molecule has 0 aliphatic rings. The Labute approximate surface area is 515 Å². The lowest BCUT2D eigenvalue weighted by Crippen LogP contribution is -2.58. The maximum Gasteiger partial charge on any atom is 0.408 e. The number of ether oxygens (including phenoxy) is 6. The van der Waals surface area contributed by atoms with E-state index in [4.69, 9.17) is 34.2 Å². The van der Waals surface area contributed by atoms with E-state index in [9.17, 15) is 42.3 Å². The summed E-state index contributed by atoms with van der Waals surface area (Å²) in [6, 6.07) is 50.4. The summed E-state index contributed by atoms with van der Waals surface area (Å²) in [5.41, 5.74) is 9.42. The molecule has 16 nitrogen and oxygen atoms in total. The van der Waals surface area contributed by atoms with E-state index in [0.717, 1.165) is 11.1 Å². The van der Waals surface area contributed by atoms with E-state index in [-0.39, 0.29) is 75.5 Å². The number of carbonyl (C=O) groups is 5. The summed E-state index contributed by atoms with van der Waals surface area (Å²) < 4.78 is 107. The molecule has 0 aliphatic carbocycles. The topological polar surface area (TPSA) is 223 Å². The lowest BCUT2D eigenvalue weighted by atomic mass is 9.92. The normalized spacial score (nSPS) is 12.5. The third-order valence-corrected chi connectivity index (χ3v) is 13.6. The number of halogens is 6. The molecule has 0 aromatic heterocycles. The van der Waals surface area contributed by atoms with Gasteiger partial charge < -0.3 is 55.2 Å². The fraction of sp³-hybridized carbons (Fsp3) is 0.209. The number of benzene rings is 8. The molecule has 0 saturated heterocycles. The van der Waals surface area contributed by atoms with Gasteiger partial charge in [-0.2, -0.15) is 8.78 Å². The highest BCUT2D eigenvalue weighted by Gasteiger charge is 2.36. The molecule has 0 aliphatic heterocycles. The molecular weight excluding hydrogens is 1180 g/mol. The molecule has 6 N–H and O–H groups in total. The van der Waals surface area contributed by atoms with Gasteiger partial charge in [-0.25, -0.2) is 32.3 Å². The Balaban J connectivity index is 0.0000113. The van der Waals surface area contributed by atoms with Gasteiger partial charge in [0.2, 0.25) is 40.7 Å². The molecule has 89 heavy (non-hydrogen) atoms. The van der Waals surface area contributed by atoms with Crippen LogP contribution in [-0.2, 0) is 74.5 Å². The first-order valence-electron chi connectivity index (χ1n) is 27.6. The van der Waals surface area contributed by atoms with Crippen LogP contribution in [0.1, 0.15) is 52.3 Å². The molecule has 0 unspecified atom stereocenters. The number of hydrogen-bond acceptors (Lipinski definition) is 13. The Morgan fingerprint density at radius 1 is 0.483 bits per heavy atom. The van der Waals surface area contributed by atoms with Crippen molar-refractivity contribution in [3.05, 3.63) is 256 Å². The molecule has 22 heteroatoms. The van der Waals surface area contributed by atoms with Crippen LogP contribution in [0.2, 0.25) is 0 Å². The summed E-state index contributed by atoms with van der Waals surface area (Å²) >= 11 is 0. The van der Waals surface area contributed by atoms with Gasteiger partial charge in [-0.1, -0.05) is 164 Å². The molecular formula is C67H62ClF5N4O12. The van der Waals surface area contributed by atoms with E-state index in [1.54, 1.807) is 146 Å². The minimum atomic E-state index is -2.50. The standard InChI is InChI=1S/C67H61F5N4O12.ClH/c1-67(73,35-51(77)36-74-65(81)86-40-45-23-13-5-14-24-45)64(80)75-52(62(78)85-39-44-21-11-4-12-22-44)33-49-31-47(27-29-54(49)83-37-42-17-7-2-8-18-42)48-28-30-55(84-38-43-19-9-3-10-20-43)50(32-48)34-53(76-66(82)87-41-46-25-15-6-16-26-46)63(79)88-61-59(71)57(69)56(68)58(70)60(61)72;/h2-32,51-53,77H,33-41,73H2,1H3,(H,74,81)(H,75,80)(H,76,82);1H/t51-,52+,53+,67+;/m1./s1. The number of alkyl carbamates (subject to hydrolysis) is 2. The zero-order valence-electron chi connectivity index (χ0n) is 47.8. The molecule has 4 atom stereocenters. The molecule has 0 fully saturated rings. The highest BCUT2D eigenvalue weighted by molar-refractivity contribution is 5.90. The molecule has 0 saturated carbocycles. The van der Waals surface area contributed by atoms with Gasteiger partial charge in [0.15, 0.2) is 0 Å². The maximum absolute atomic E-state index is 15.1. The predicted molar refractivity (Wildman–Crippen MR) is 320 cm³/mol. The van der Waals surface area contributed by atoms with Crippen molar-refractivity contribution in [1.82, 2.24) is 16.0 Å². The van der Waals surface area contributed by atoms with E-state index in [0.29, 0.717) is 33.4 Å². The summed E-state index contributed by atoms with van der Waals surface area (Å²) in [4.78, 5) is 68.8. The third-order valence-electron chi connectivity index (χ3n) is 13.6. The van der Waals surface area contributed by atoms with E-state index < -0.39 is 101 Å². The number of nitrogens with one attached hydrogen (secondary N) is 3. The molecule has 8 aromatic rings. The zero-order chi connectivity index (χ0) is 62.6. The van der Waals surface area contributed by atoms with Crippen LogP contribution >= 0.6 is 12.4 Å². The van der Waals surface area contributed by atoms with Gasteiger partial charge in [0.05, 0.1) is 11.6 Å². The molecule has 0 spiro atoms. The fourth-order valence-electron chi connectivity index (χ4n) is 8.95. The summed E-state index contributed by atoms with van der Waals surface area (Å²) in [5, 5.41) is 18.5. The highest BCUT2D eigenvalue weighted by atomic mass is 35.5. The number of esters is 2. The quantitative estimate of drug-likeness (QED) is 0.00808. The van der Waals surface area contributed by atoms with Crippen LogP contribution in [0, 0.1) is 29.1 Å². The third kappa shape index (κ3) is 19.3. The molecule has 0 heterocycles. The van der Waals surface area contributed by atoms with Crippen LogP contribution in [-0.4, -0.2) is 65.4 Å². The second kappa shape index (κ2) is 32.2. The summed E-state index contributed by atoms with van der Waals surface area (Å²) in [6.45, 7) is 0.495. The minimum absolute atomic E-state index is 0. The summed E-state index contributed by atoms with van der Waals surface area (Å²) in [6.07, 6.45) is -4.71. The Morgan fingerprint density at radius 2 is 0.854 bits per heavy atom. The molecule has 0 bridgehead atoms. The Bertz CT molecular complexity index is 3650. The number of rotatable bonds is 27. The van der Waals surface area contributed by atoms with E-state index in [2.05, 4.69) is 16.0 Å². The number of aliphatic hydroxyl groups excluding tert-OH is 1. The van der Waals surface area contributed by atoms with Gasteiger partial charge in [-0.05, 0) is 81.3 Å². The van der Waals surface area contributed by atoms with Crippen LogP contribution in [0.4, 0.5) is 31.5 Å². The Kier molecular flexibility index (Phi) is 24.2. The van der Waals surface area contributed by atoms with Crippen molar-refractivity contribution in [3.63, 3.8) is 0 Å². The van der Waals surface area contributed by atoms with Crippen LogP contribution in [0.3, 0.4) is 0 Å². The van der Waals surface area contributed by atoms with Crippen molar-refractivity contribution in [3.8, 4) is 28.4 Å². The molecule has 464 valence electrons. The maximum atomic E-state index is 15.1. The number of nitrogens with two attached hydrogens (primary N) is 1. The fourth-order valence-corrected chi connectivity index (χ4v) is 8.95. The second-order valence-corrected chi connectivity index (χ2v) is 20.5. The van der Waals surface area contributed by atoms with Gasteiger partial charge in [-0.15, -0.1) is 12.4 Å². The van der Waals surface area contributed by atoms with E-state index in [1.807, 2.05) is 36.4 Å². The molecule has 8 rings (SSSR count). The minimum Gasteiger partial charge on any atom is -0.489 e. The first-order chi connectivity index (χ1) is 42.4. The van der Waals surface area contributed by atoms with Crippen LogP contribution in [0.5, 0.6) is 17.2 Å². The van der Waals surface area contributed by atoms with Crippen molar-refractivity contribution in [1.29, 1.82) is 0 Å². The average Bonchev–Trinajstić information content (AvgIpc) is 1.61. The average molecular weight is 1250 g/mol. The smallest absolute Gasteiger partial charge is 0.408 e. The van der Waals surface area contributed by atoms with Crippen LogP contribution in [0.25, 0.3) is 11.1 Å². The molecule has 8 aromatic carbocycles. The monoisotopic (exact) mass is 1240 g/mol. The summed E-state index contributed by atoms with van der Waals surface area (Å²) in [7, 11) is 0. The van der Waals surface area contributed by atoms with E-state index in [1.165, 1.54) is 13.0 Å². The van der Waals surface area contributed by atoms with Crippen molar-refractivity contribution >= 4 is 42.4 Å². The van der Waals surface area contributed by atoms with E-state index >= 15 is 8.78 Å². The largest absolute Gasteiger partial charge is 0.489 e. The lowest BCUT2D eigenvalue weighted by Gasteiger charge is -2.29. The SMILES string of the molecule is C[C@](N)(C[C@@H](O)CNC(=O)OCc1ccccc1)C(=O)N[C@@H](Cc1cc(-c2ccc(OCc3ccccc3)c(C[C@H](NC(=O)OCc3ccccc3)C(=O)Oc3c(F)c(F)c(F)c(F)c3F)c2)ccc1OCc1ccccc1)C(=O)OCc1ccccc1.Cl.